The van der Waals surface area contributed by atoms with Gasteiger partial charge in [0.15, 0.2) is 0 Å². The van der Waals surface area contributed by atoms with Gasteiger partial charge in [-0.3, -0.25) is 13.9 Å². The molecule has 2 aromatic carbocycles. The second kappa shape index (κ2) is 13.7. The van der Waals surface area contributed by atoms with Gasteiger partial charge in [0, 0.05) is 13.1 Å². The molecule has 0 bridgehead atoms. The highest BCUT2D eigenvalue weighted by Crippen LogP contribution is 2.30. The van der Waals surface area contributed by atoms with Gasteiger partial charge < -0.3 is 19.7 Å². The van der Waals surface area contributed by atoms with Crippen LogP contribution in [-0.2, 0) is 26.2 Å². The summed E-state index contributed by atoms with van der Waals surface area (Å²) in [6.07, 6.45) is 3.14. The minimum atomic E-state index is -3.85. The van der Waals surface area contributed by atoms with E-state index >= 15 is 0 Å². The molecule has 0 fully saturated rings. The number of para-hydroxylation sites is 2. The lowest BCUT2D eigenvalue weighted by Crippen LogP contribution is -2.52. The first-order valence-corrected chi connectivity index (χ1v) is 13.8. The van der Waals surface area contributed by atoms with Gasteiger partial charge in [-0.25, -0.2) is 8.42 Å². The van der Waals surface area contributed by atoms with Gasteiger partial charge in [0.1, 0.15) is 24.1 Å². The van der Waals surface area contributed by atoms with E-state index in [4.69, 9.17) is 9.47 Å². The number of sulfonamides is 1. The highest BCUT2D eigenvalue weighted by Gasteiger charge is 2.32. The number of nitrogens with zero attached hydrogens (tertiary/aromatic N) is 2. The number of ether oxygens (including phenoxy) is 2. The molecule has 2 rings (SSSR count). The summed E-state index contributed by atoms with van der Waals surface area (Å²) in [5, 5.41) is 2.90. The fourth-order valence-electron chi connectivity index (χ4n) is 3.82. The molecule has 0 saturated heterocycles. The third-order valence-corrected chi connectivity index (χ3v) is 6.86. The molecule has 0 aliphatic carbocycles. The van der Waals surface area contributed by atoms with Crippen LogP contribution in [0.1, 0.15) is 38.7 Å². The Bertz CT molecular complexity index is 1120. The zero-order chi connectivity index (χ0) is 26.7. The maximum atomic E-state index is 13.7. The van der Waals surface area contributed by atoms with Crippen LogP contribution in [0.5, 0.6) is 11.5 Å². The smallest absolute Gasteiger partial charge is 0.244 e. The zero-order valence-corrected chi connectivity index (χ0v) is 22.5. The largest absolute Gasteiger partial charge is 0.497 e. The van der Waals surface area contributed by atoms with Crippen LogP contribution < -0.4 is 19.1 Å². The van der Waals surface area contributed by atoms with Crippen molar-refractivity contribution in [3.8, 4) is 11.5 Å². The Morgan fingerprint density at radius 1 is 1.03 bits per heavy atom. The second-order valence-electron chi connectivity index (χ2n) is 8.38. The summed E-state index contributed by atoms with van der Waals surface area (Å²) < 4.78 is 37.2. The van der Waals surface area contributed by atoms with Gasteiger partial charge in [-0.1, -0.05) is 44.5 Å². The van der Waals surface area contributed by atoms with E-state index in [1.807, 2.05) is 19.9 Å². The molecule has 9 nitrogen and oxygen atoms in total. The lowest BCUT2D eigenvalue weighted by molar-refractivity contribution is -0.140. The van der Waals surface area contributed by atoms with E-state index in [0.29, 0.717) is 24.5 Å². The summed E-state index contributed by atoms with van der Waals surface area (Å²) in [5.74, 6) is 0.156. The van der Waals surface area contributed by atoms with Crippen LogP contribution in [0.25, 0.3) is 0 Å². The van der Waals surface area contributed by atoms with E-state index in [1.54, 1.807) is 49.6 Å². The fraction of sp³-hybridized carbons (Fsp3) is 0.462. The number of hydrogen-bond donors (Lipinski definition) is 1. The highest BCUT2D eigenvalue weighted by molar-refractivity contribution is 7.92. The molecule has 0 radical (unpaired) electrons. The molecular formula is C26H37N3O6S. The Balaban J connectivity index is 2.45. The predicted molar refractivity (Wildman–Crippen MR) is 141 cm³/mol. The monoisotopic (exact) mass is 519 g/mol. The minimum Gasteiger partial charge on any atom is -0.497 e. The van der Waals surface area contributed by atoms with Gasteiger partial charge in [0.25, 0.3) is 0 Å². The number of rotatable bonds is 14. The third-order valence-electron chi connectivity index (χ3n) is 5.74. The van der Waals surface area contributed by atoms with E-state index < -0.39 is 28.5 Å². The van der Waals surface area contributed by atoms with Crippen molar-refractivity contribution in [2.75, 3.05) is 37.9 Å². The molecule has 36 heavy (non-hydrogen) atoms. The number of hydrogen-bond acceptors (Lipinski definition) is 6. The van der Waals surface area contributed by atoms with Crippen LogP contribution in [0.3, 0.4) is 0 Å². The summed E-state index contributed by atoms with van der Waals surface area (Å²) in [6.45, 7) is 3.98. The number of nitrogens with one attached hydrogen (secondary N) is 1. The van der Waals surface area contributed by atoms with Crippen molar-refractivity contribution in [3.63, 3.8) is 0 Å². The van der Waals surface area contributed by atoms with Crippen LogP contribution >= 0.6 is 0 Å². The highest BCUT2D eigenvalue weighted by atomic mass is 32.2. The molecule has 0 saturated carbocycles. The van der Waals surface area contributed by atoms with Crippen LogP contribution in [0, 0.1) is 0 Å². The average Bonchev–Trinajstić information content (AvgIpc) is 2.86. The first-order valence-electron chi connectivity index (χ1n) is 12.0. The van der Waals surface area contributed by atoms with Crippen LogP contribution in [0.4, 0.5) is 5.69 Å². The molecule has 1 atom stereocenters. The molecule has 198 valence electrons. The van der Waals surface area contributed by atoms with Crippen LogP contribution in [-0.4, -0.2) is 64.7 Å². The van der Waals surface area contributed by atoms with Crippen molar-refractivity contribution in [2.45, 2.75) is 45.7 Å². The molecular weight excluding hydrogens is 482 g/mol. The van der Waals surface area contributed by atoms with E-state index in [9.17, 15) is 18.0 Å². The number of benzene rings is 2. The van der Waals surface area contributed by atoms with Gasteiger partial charge in [-0.05, 0) is 42.7 Å². The molecule has 0 aromatic heterocycles. The van der Waals surface area contributed by atoms with Crippen molar-refractivity contribution in [1.82, 2.24) is 10.2 Å². The third kappa shape index (κ3) is 7.87. The molecule has 0 aliphatic heterocycles. The van der Waals surface area contributed by atoms with Crippen molar-refractivity contribution >= 4 is 27.5 Å². The molecule has 2 aromatic rings. The molecule has 0 heterocycles. The predicted octanol–water partition coefficient (Wildman–Crippen LogP) is 3.19. The van der Waals surface area contributed by atoms with Crippen LogP contribution in [0.2, 0.25) is 0 Å². The number of carbonyl (C=O) groups excluding carboxylic acids is 2. The summed E-state index contributed by atoms with van der Waals surface area (Å²) >= 11 is 0. The summed E-state index contributed by atoms with van der Waals surface area (Å²) in [7, 11) is -0.862. The quantitative estimate of drug-likeness (QED) is 0.385. The lowest BCUT2D eigenvalue weighted by atomic mass is 10.1. The molecule has 1 N–H and O–H groups in total. The van der Waals surface area contributed by atoms with E-state index in [2.05, 4.69) is 5.32 Å². The SMILES string of the molecule is CCCCNC(=O)[C@@H](CC)N(Cc1cccc(OC)c1)C(=O)CN(c1ccccc1OC)S(C)(=O)=O. The Morgan fingerprint density at radius 2 is 1.75 bits per heavy atom. The Morgan fingerprint density at radius 3 is 2.36 bits per heavy atom. The minimum absolute atomic E-state index is 0.110. The maximum absolute atomic E-state index is 13.7. The van der Waals surface area contributed by atoms with Crippen LogP contribution in [0.15, 0.2) is 48.5 Å². The van der Waals surface area contributed by atoms with Crippen molar-refractivity contribution in [2.24, 2.45) is 0 Å². The number of amides is 2. The van der Waals surface area contributed by atoms with Gasteiger partial charge >= 0.3 is 0 Å². The molecule has 10 heteroatoms. The first-order chi connectivity index (χ1) is 17.2. The molecule has 2 amide bonds. The van der Waals surface area contributed by atoms with Gasteiger partial charge in [0.2, 0.25) is 21.8 Å². The topological polar surface area (TPSA) is 105 Å². The normalized spacial score (nSPS) is 11.9. The van der Waals surface area contributed by atoms with Crippen molar-refractivity contribution in [1.29, 1.82) is 0 Å². The zero-order valence-electron chi connectivity index (χ0n) is 21.7. The van der Waals surface area contributed by atoms with E-state index in [1.165, 1.54) is 12.0 Å². The number of methoxy groups -OCH3 is 2. The van der Waals surface area contributed by atoms with Crippen molar-refractivity contribution < 1.29 is 27.5 Å². The maximum Gasteiger partial charge on any atom is 0.244 e. The fourth-order valence-corrected chi connectivity index (χ4v) is 4.68. The summed E-state index contributed by atoms with van der Waals surface area (Å²) in [4.78, 5) is 28.2. The Hall–Kier alpha value is -3.27. The molecule has 0 spiro atoms. The van der Waals surface area contributed by atoms with Gasteiger partial charge in [-0.2, -0.15) is 0 Å². The standard InChI is InChI=1S/C26H37N3O6S/c1-6-8-16-27-26(31)22(7-2)28(18-20-12-11-13-21(17-20)34-3)25(30)19-29(36(5,32)33)23-14-9-10-15-24(23)35-4/h9-15,17,22H,6-8,16,18-19H2,1-5H3,(H,27,31)/t22-/m1/s1. The lowest BCUT2D eigenvalue weighted by Gasteiger charge is -2.33. The van der Waals surface area contributed by atoms with Gasteiger partial charge in [-0.15, -0.1) is 0 Å². The average molecular weight is 520 g/mol. The number of anilines is 1. The number of unbranched alkanes of at least 4 members (excludes halogenated alkanes) is 1. The number of carbonyl (C=O) groups is 2. The molecule has 0 unspecified atom stereocenters. The Kier molecular flexibility index (Phi) is 11.0. The summed E-state index contributed by atoms with van der Waals surface area (Å²) in [6, 6.07) is 13.0. The second-order valence-corrected chi connectivity index (χ2v) is 10.3. The first kappa shape index (κ1) is 29.0. The molecule has 0 aliphatic rings. The van der Waals surface area contributed by atoms with E-state index in [-0.39, 0.29) is 18.1 Å². The van der Waals surface area contributed by atoms with Gasteiger partial charge in [0.05, 0.1) is 26.2 Å². The Labute approximate surface area is 214 Å². The van der Waals surface area contributed by atoms with Crippen molar-refractivity contribution in [3.05, 3.63) is 54.1 Å². The summed E-state index contributed by atoms with van der Waals surface area (Å²) in [5.41, 5.74) is 1.00. The van der Waals surface area contributed by atoms with E-state index in [0.717, 1.165) is 29.0 Å².